The summed E-state index contributed by atoms with van der Waals surface area (Å²) in [6, 6.07) is 10.5. The topological polar surface area (TPSA) is 61.8 Å². The number of hydroxylamine groups is 2. The maximum atomic E-state index is 12.4. The van der Waals surface area contributed by atoms with Gasteiger partial charge in [0.05, 0.1) is 6.61 Å². The van der Waals surface area contributed by atoms with Gasteiger partial charge in [-0.2, -0.15) is 5.06 Å². The molecule has 1 aliphatic heterocycles. The third kappa shape index (κ3) is 5.59. The molecule has 1 aromatic carbocycles. The van der Waals surface area contributed by atoms with Gasteiger partial charge in [-0.05, 0) is 57.4 Å². The van der Waals surface area contributed by atoms with E-state index in [1.165, 1.54) is 5.56 Å². The summed E-state index contributed by atoms with van der Waals surface area (Å²) in [5.41, 5.74) is 0.959. The van der Waals surface area contributed by atoms with Gasteiger partial charge in [0.1, 0.15) is 0 Å². The second-order valence-corrected chi connectivity index (χ2v) is 8.92. The van der Waals surface area contributed by atoms with Crippen LogP contribution >= 0.6 is 0 Å². The number of nitrogens with zero attached hydrogens (tertiary/aromatic N) is 1. The molecule has 1 aromatic rings. The highest BCUT2D eigenvalue weighted by atomic mass is 16.7. The standard InChI is InChI=1S/C24H40N2O3/c1-6-23(4)18-21(25-22(28)14-11-16-27)19(3)24(5,7-2)26(23)29-17-15-20-12-9-8-10-13-20/h8-10,12-13,19,21,27H,6-7,11,14-18H2,1-5H3,(H,25,28). The Morgan fingerprint density at radius 1 is 1.24 bits per heavy atom. The molecule has 29 heavy (non-hydrogen) atoms. The number of aliphatic hydroxyl groups is 1. The first-order chi connectivity index (χ1) is 13.8. The number of nitrogens with one attached hydrogen (secondary N) is 1. The molecule has 1 fully saturated rings. The average Bonchev–Trinajstić information content (AvgIpc) is 2.73. The lowest BCUT2D eigenvalue weighted by molar-refractivity contribution is -0.306. The molecule has 1 aliphatic rings. The fourth-order valence-corrected chi connectivity index (χ4v) is 4.62. The Kier molecular flexibility index (Phi) is 8.68. The van der Waals surface area contributed by atoms with Crippen LogP contribution in [0.1, 0.15) is 72.3 Å². The van der Waals surface area contributed by atoms with Crippen LogP contribution < -0.4 is 5.32 Å². The van der Waals surface area contributed by atoms with Gasteiger partial charge in [0.15, 0.2) is 0 Å². The van der Waals surface area contributed by atoms with Crippen molar-refractivity contribution >= 4 is 5.91 Å². The molecule has 5 heteroatoms. The van der Waals surface area contributed by atoms with E-state index in [9.17, 15) is 4.79 Å². The van der Waals surface area contributed by atoms with E-state index in [4.69, 9.17) is 9.94 Å². The summed E-state index contributed by atoms with van der Waals surface area (Å²) in [4.78, 5) is 18.8. The van der Waals surface area contributed by atoms with E-state index in [1.54, 1.807) is 0 Å². The van der Waals surface area contributed by atoms with Gasteiger partial charge in [0, 0.05) is 30.1 Å². The van der Waals surface area contributed by atoms with Crippen LogP contribution in [-0.2, 0) is 16.1 Å². The molecule has 2 N–H and O–H groups in total. The lowest BCUT2D eigenvalue weighted by Crippen LogP contribution is -2.70. The van der Waals surface area contributed by atoms with Crippen LogP contribution in [0.5, 0.6) is 0 Å². The van der Waals surface area contributed by atoms with E-state index in [2.05, 4.69) is 69.3 Å². The molecule has 4 unspecified atom stereocenters. The summed E-state index contributed by atoms with van der Waals surface area (Å²) in [6.07, 6.45) is 4.52. The summed E-state index contributed by atoms with van der Waals surface area (Å²) in [7, 11) is 0. The molecule has 0 bridgehead atoms. The van der Waals surface area contributed by atoms with E-state index in [1.807, 2.05) is 6.07 Å². The Hall–Kier alpha value is -1.43. The Morgan fingerprint density at radius 2 is 1.93 bits per heavy atom. The van der Waals surface area contributed by atoms with Gasteiger partial charge in [0.25, 0.3) is 0 Å². The average molecular weight is 405 g/mol. The Morgan fingerprint density at radius 3 is 2.52 bits per heavy atom. The zero-order valence-corrected chi connectivity index (χ0v) is 18.9. The highest BCUT2D eigenvalue weighted by Crippen LogP contribution is 2.45. The molecule has 5 nitrogen and oxygen atoms in total. The molecule has 1 amide bonds. The van der Waals surface area contributed by atoms with E-state index in [0.717, 1.165) is 25.7 Å². The zero-order valence-electron chi connectivity index (χ0n) is 18.9. The molecule has 1 heterocycles. The van der Waals surface area contributed by atoms with Gasteiger partial charge in [0.2, 0.25) is 5.91 Å². The molecular weight excluding hydrogens is 364 g/mol. The van der Waals surface area contributed by atoms with Crippen molar-refractivity contribution in [3.63, 3.8) is 0 Å². The third-order valence-electron chi connectivity index (χ3n) is 7.04. The monoisotopic (exact) mass is 404 g/mol. The van der Waals surface area contributed by atoms with Crippen molar-refractivity contribution < 1.29 is 14.7 Å². The predicted octanol–water partition coefficient (Wildman–Crippen LogP) is 4.10. The minimum Gasteiger partial charge on any atom is -0.396 e. The van der Waals surface area contributed by atoms with Gasteiger partial charge in [-0.15, -0.1) is 0 Å². The smallest absolute Gasteiger partial charge is 0.220 e. The first-order valence-corrected chi connectivity index (χ1v) is 11.2. The van der Waals surface area contributed by atoms with Crippen LogP contribution in [0, 0.1) is 5.92 Å². The van der Waals surface area contributed by atoms with Crippen LogP contribution in [-0.4, -0.2) is 46.4 Å². The molecule has 0 aromatic heterocycles. The van der Waals surface area contributed by atoms with Crippen LogP contribution in [0.3, 0.4) is 0 Å². The number of carbonyl (C=O) groups excluding carboxylic acids is 1. The second kappa shape index (κ2) is 10.6. The largest absolute Gasteiger partial charge is 0.396 e. The second-order valence-electron chi connectivity index (χ2n) is 8.92. The summed E-state index contributed by atoms with van der Waals surface area (Å²) < 4.78 is 0. The number of carbonyl (C=O) groups is 1. The van der Waals surface area contributed by atoms with Crippen molar-refractivity contribution in [2.45, 2.75) is 90.3 Å². The van der Waals surface area contributed by atoms with Crippen molar-refractivity contribution in [1.82, 2.24) is 10.4 Å². The quantitative estimate of drug-likeness (QED) is 0.616. The van der Waals surface area contributed by atoms with Gasteiger partial charge in [-0.25, -0.2) is 0 Å². The van der Waals surface area contributed by atoms with Crippen molar-refractivity contribution in [3.8, 4) is 0 Å². The van der Waals surface area contributed by atoms with E-state index in [0.29, 0.717) is 19.4 Å². The van der Waals surface area contributed by atoms with Crippen LogP contribution in [0.15, 0.2) is 30.3 Å². The highest BCUT2D eigenvalue weighted by Gasteiger charge is 2.54. The Bertz CT molecular complexity index is 638. The fourth-order valence-electron chi connectivity index (χ4n) is 4.62. The lowest BCUT2D eigenvalue weighted by Gasteiger charge is -2.59. The number of rotatable bonds is 10. The van der Waals surface area contributed by atoms with Gasteiger partial charge in [-0.3, -0.25) is 9.63 Å². The van der Waals surface area contributed by atoms with Crippen molar-refractivity contribution in [2.75, 3.05) is 13.2 Å². The number of amides is 1. The Balaban J connectivity index is 2.14. The first kappa shape index (κ1) is 23.8. The van der Waals surface area contributed by atoms with Gasteiger partial charge in [-0.1, -0.05) is 51.1 Å². The maximum absolute atomic E-state index is 12.4. The normalized spacial score (nSPS) is 30.3. The molecule has 4 atom stereocenters. The lowest BCUT2D eigenvalue weighted by atomic mass is 9.68. The number of benzene rings is 1. The minimum atomic E-state index is -0.172. The van der Waals surface area contributed by atoms with Gasteiger partial charge < -0.3 is 10.4 Å². The fraction of sp³-hybridized carbons (Fsp3) is 0.708. The maximum Gasteiger partial charge on any atom is 0.220 e. The van der Waals surface area contributed by atoms with E-state index >= 15 is 0 Å². The van der Waals surface area contributed by atoms with Crippen molar-refractivity contribution in [2.24, 2.45) is 5.92 Å². The molecule has 0 saturated carbocycles. The summed E-state index contributed by atoms with van der Waals surface area (Å²) in [6.45, 7) is 11.8. The molecule has 0 spiro atoms. The molecule has 0 aliphatic carbocycles. The third-order valence-corrected chi connectivity index (χ3v) is 7.04. The number of aliphatic hydroxyl groups excluding tert-OH is 1. The molecule has 0 radical (unpaired) electrons. The number of hydrogen-bond acceptors (Lipinski definition) is 4. The van der Waals surface area contributed by atoms with Crippen LogP contribution in [0.25, 0.3) is 0 Å². The van der Waals surface area contributed by atoms with Gasteiger partial charge >= 0.3 is 0 Å². The van der Waals surface area contributed by atoms with Crippen LogP contribution in [0.4, 0.5) is 0 Å². The van der Waals surface area contributed by atoms with Crippen molar-refractivity contribution in [3.05, 3.63) is 35.9 Å². The zero-order chi connectivity index (χ0) is 21.5. The SMILES string of the molecule is CCC1(C)CC(NC(=O)CCCO)C(C)C(C)(CC)N1OCCc1ccccc1. The van der Waals surface area contributed by atoms with Crippen LogP contribution in [0.2, 0.25) is 0 Å². The molecular formula is C24H40N2O3. The molecule has 1 saturated heterocycles. The number of piperidine rings is 1. The minimum absolute atomic E-state index is 0.0336. The van der Waals surface area contributed by atoms with E-state index < -0.39 is 0 Å². The summed E-state index contributed by atoms with van der Waals surface area (Å²) in [5.74, 6) is 0.285. The molecule has 164 valence electrons. The number of hydrogen-bond donors (Lipinski definition) is 2. The van der Waals surface area contributed by atoms with Crippen molar-refractivity contribution in [1.29, 1.82) is 0 Å². The van der Waals surface area contributed by atoms with E-state index in [-0.39, 0.29) is 35.6 Å². The molecule has 2 rings (SSSR count). The Labute approximate surface area is 176 Å². The predicted molar refractivity (Wildman–Crippen MR) is 117 cm³/mol. The first-order valence-electron chi connectivity index (χ1n) is 11.2. The summed E-state index contributed by atoms with van der Waals surface area (Å²) >= 11 is 0. The highest BCUT2D eigenvalue weighted by molar-refractivity contribution is 5.76. The summed E-state index contributed by atoms with van der Waals surface area (Å²) in [5, 5.41) is 14.5.